The molecule has 0 aliphatic rings. The van der Waals surface area contributed by atoms with Crippen molar-refractivity contribution in [3.8, 4) is 0 Å². The lowest BCUT2D eigenvalue weighted by Crippen LogP contribution is -2.30. The van der Waals surface area contributed by atoms with Crippen LogP contribution < -0.4 is 16.0 Å². The van der Waals surface area contributed by atoms with Gasteiger partial charge in [0.25, 0.3) is 0 Å². The number of aryl methyl sites for hydroxylation is 1. The molecule has 2 rings (SSSR count). The molecule has 2 aromatic heterocycles. The number of anilines is 2. The van der Waals surface area contributed by atoms with Crippen molar-refractivity contribution in [1.29, 1.82) is 0 Å². The van der Waals surface area contributed by atoms with Gasteiger partial charge in [-0.3, -0.25) is 14.6 Å². The molecular formula is C13H19N7O3. The summed E-state index contributed by atoms with van der Waals surface area (Å²) in [4.78, 5) is 23.5. The number of rotatable bonds is 7. The molecule has 0 aromatic carbocycles. The van der Waals surface area contributed by atoms with Crippen LogP contribution >= 0.6 is 0 Å². The van der Waals surface area contributed by atoms with Crippen molar-refractivity contribution in [2.75, 3.05) is 30.9 Å². The van der Waals surface area contributed by atoms with E-state index in [4.69, 9.17) is 4.74 Å². The molecule has 0 spiro atoms. The zero-order chi connectivity index (χ0) is 16.7. The van der Waals surface area contributed by atoms with E-state index in [0.717, 1.165) is 5.69 Å². The number of hydrogen-bond donors (Lipinski definition) is 4. The van der Waals surface area contributed by atoms with Gasteiger partial charge in [-0.05, 0) is 6.92 Å². The van der Waals surface area contributed by atoms with Gasteiger partial charge in [-0.25, -0.2) is 4.79 Å². The molecule has 0 fully saturated rings. The van der Waals surface area contributed by atoms with E-state index >= 15 is 0 Å². The highest BCUT2D eigenvalue weighted by molar-refractivity contribution is 5.99. The van der Waals surface area contributed by atoms with Crippen molar-refractivity contribution in [2.24, 2.45) is 0 Å². The lowest BCUT2D eigenvalue weighted by Gasteiger charge is -2.05. The molecule has 10 nitrogen and oxygen atoms in total. The number of urea groups is 1. The molecule has 0 aliphatic heterocycles. The molecule has 0 atom stereocenters. The van der Waals surface area contributed by atoms with Crippen LogP contribution in [0.25, 0.3) is 0 Å². The summed E-state index contributed by atoms with van der Waals surface area (Å²) in [5.41, 5.74) is 1.82. The Bertz CT molecular complexity index is 664. The second kappa shape index (κ2) is 7.94. The summed E-state index contributed by atoms with van der Waals surface area (Å²) in [6, 6.07) is -0.418. The third kappa shape index (κ3) is 5.11. The topological polar surface area (TPSA) is 126 Å². The molecule has 4 N–H and O–H groups in total. The van der Waals surface area contributed by atoms with Gasteiger partial charge in [0.05, 0.1) is 36.1 Å². The molecule has 10 heteroatoms. The summed E-state index contributed by atoms with van der Waals surface area (Å²) in [7, 11) is 1.56. The molecule has 2 heterocycles. The van der Waals surface area contributed by atoms with Crippen LogP contribution in [-0.4, -0.2) is 52.2 Å². The van der Waals surface area contributed by atoms with Gasteiger partial charge >= 0.3 is 6.03 Å². The van der Waals surface area contributed by atoms with Crippen LogP contribution in [0, 0.1) is 6.92 Å². The van der Waals surface area contributed by atoms with Crippen molar-refractivity contribution in [1.82, 2.24) is 25.3 Å². The lowest BCUT2D eigenvalue weighted by atomic mass is 10.4. The van der Waals surface area contributed by atoms with Gasteiger partial charge in [-0.15, -0.1) is 0 Å². The molecule has 124 valence electrons. The van der Waals surface area contributed by atoms with E-state index in [0.29, 0.717) is 24.5 Å². The number of nitrogens with zero attached hydrogens (tertiary/aromatic N) is 3. The third-order valence-corrected chi connectivity index (χ3v) is 2.90. The Morgan fingerprint density at radius 2 is 2.17 bits per heavy atom. The fourth-order valence-corrected chi connectivity index (χ4v) is 1.77. The quantitative estimate of drug-likeness (QED) is 0.546. The fourth-order valence-electron chi connectivity index (χ4n) is 1.77. The van der Waals surface area contributed by atoms with E-state index in [9.17, 15) is 9.59 Å². The van der Waals surface area contributed by atoms with Gasteiger partial charge in [0, 0.05) is 19.9 Å². The minimum absolute atomic E-state index is 0.0633. The maximum atomic E-state index is 11.8. The molecule has 23 heavy (non-hydrogen) atoms. The number of aromatic amines is 1. The predicted molar refractivity (Wildman–Crippen MR) is 83.1 cm³/mol. The Balaban J connectivity index is 1.81. The van der Waals surface area contributed by atoms with E-state index < -0.39 is 6.03 Å². The molecule has 2 aromatic rings. The minimum atomic E-state index is -0.418. The molecule has 3 amide bonds. The zero-order valence-corrected chi connectivity index (χ0v) is 12.9. The first-order valence-electron chi connectivity index (χ1n) is 6.94. The largest absolute Gasteiger partial charge is 0.383 e. The number of methoxy groups -OCH3 is 1. The van der Waals surface area contributed by atoms with Gasteiger partial charge in [-0.1, -0.05) is 0 Å². The van der Waals surface area contributed by atoms with E-state index in [-0.39, 0.29) is 12.5 Å². The minimum Gasteiger partial charge on any atom is -0.383 e. The van der Waals surface area contributed by atoms with Gasteiger partial charge in [0.2, 0.25) is 5.91 Å². The first-order valence-corrected chi connectivity index (χ1v) is 6.94. The van der Waals surface area contributed by atoms with Crippen LogP contribution in [0.4, 0.5) is 16.2 Å². The summed E-state index contributed by atoms with van der Waals surface area (Å²) < 4.78 is 6.27. The number of amides is 3. The fraction of sp³-hybridized carbons (Fsp3) is 0.385. The van der Waals surface area contributed by atoms with Crippen molar-refractivity contribution in [2.45, 2.75) is 13.5 Å². The maximum Gasteiger partial charge on any atom is 0.323 e. The molecule has 0 saturated heterocycles. The average Bonchev–Trinajstić information content (AvgIpc) is 3.09. The lowest BCUT2D eigenvalue weighted by molar-refractivity contribution is -0.122. The van der Waals surface area contributed by atoms with Gasteiger partial charge in [0.1, 0.15) is 6.54 Å². The number of H-pyrrole nitrogens is 1. The average molecular weight is 321 g/mol. The summed E-state index contributed by atoms with van der Waals surface area (Å²) in [6.07, 6.45) is 4.55. The third-order valence-electron chi connectivity index (χ3n) is 2.90. The number of aromatic nitrogens is 4. The number of carbonyl (C=O) groups excluding carboxylic acids is 2. The smallest absolute Gasteiger partial charge is 0.323 e. The normalized spacial score (nSPS) is 10.3. The summed E-state index contributed by atoms with van der Waals surface area (Å²) in [5.74, 6) is -0.185. The highest BCUT2D eigenvalue weighted by Crippen LogP contribution is 2.11. The Morgan fingerprint density at radius 3 is 2.87 bits per heavy atom. The first kappa shape index (κ1) is 16.5. The highest BCUT2D eigenvalue weighted by Gasteiger charge is 2.09. The van der Waals surface area contributed by atoms with Gasteiger partial charge < -0.3 is 20.7 Å². The summed E-state index contributed by atoms with van der Waals surface area (Å²) in [5, 5.41) is 18.5. The Morgan fingerprint density at radius 1 is 1.35 bits per heavy atom. The highest BCUT2D eigenvalue weighted by atomic mass is 16.5. The van der Waals surface area contributed by atoms with Crippen LogP contribution in [0.5, 0.6) is 0 Å². The Hall–Kier alpha value is -2.88. The number of ether oxygens (including phenoxy) is 1. The van der Waals surface area contributed by atoms with Crippen molar-refractivity contribution < 1.29 is 14.3 Å². The number of nitrogens with one attached hydrogen (secondary N) is 4. The van der Waals surface area contributed by atoms with Gasteiger partial charge in [-0.2, -0.15) is 10.2 Å². The Labute approximate surface area is 132 Å². The SMILES string of the molecule is COCCNC(=O)Cn1cc(NC(=O)Nc2cn[nH]c2C)cn1. The zero-order valence-electron chi connectivity index (χ0n) is 12.9. The van der Waals surface area contributed by atoms with E-state index in [1.54, 1.807) is 20.2 Å². The molecule has 0 radical (unpaired) electrons. The molecule has 0 saturated carbocycles. The van der Waals surface area contributed by atoms with Crippen molar-refractivity contribution in [3.05, 3.63) is 24.3 Å². The van der Waals surface area contributed by atoms with Gasteiger partial charge in [0.15, 0.2) is 0 Å². The van der Waals surface area contributed by atoms with Crippen LogP contribution in [0.2, 0.25) is 0 Å². The first-order chi connectivity index (χ1) is 11.1. The van der Waals surface area contributed by atoms with Crippen molar-refractivity contribution in [3.63, 3.8) is 0 Å². The van der Waals surface area contributed by atoms with Crippen molar-refractivity contribution >= 4 is 23.3 Å². The maximum absolute atomic E-state index is 11.8. The van der Waals surface area contributed by atoms with E-state index in [1.165, 1.54) is 17.1 Å². The molecule has 0 unspecified atom stereocenters. The molecular weight excluding hydrogens is 302 g/mol. The number of carbonyl (C=O) groups is 2. The van der Waals surface area contributed by atoms with Crippen LogP contribution in [0.15, 0.2) is 18.6 Å². The standard InChI is InChI=1S/C13H19N7O3/c1-9-11(6-15-19-9)18-13(22)17-10-5-16-20(7-10)8-12(21)14-3-4-23-2/h5-7H,3-4,8H2,1-2H3,(H,14,21)(H,15,19)(H2,17,18,22). The van der Waals surface area contributed by atoms with E-state index in [1.807, 2.05) is 0 Å². The van der Waals surface area contributed by atoms with Crippen LogP contribution in [-0.2, 0) is 16.1 Å². The Kier molecular flexibility index (Phi) is 5.69. The second-order valence-electron chi connectivity index (χ2n) is 4.76. The predicted octanol–water partition coefficient (Wildman–Crippen LogP) is 0.321. The van der Waals surface area contributed by atoms with Crippen LogP contribution in [0.3, 0.4) is 0 Å². The molecule has 0 aliphatic carbocycles. The second-order valence-corrected chi connectivity index (χ2v) is 4.76. The number of hydrogen-bond acceptors (Lipinski definition) is 5. The van der Waals surface area contributed by atoms with E-state index in [2.05, 4.69) is 31.2 Å². The summed E-state index contributed by atoms with van der Waals surface area (Å²) >= 11 is 0. The van der Waals surface area contributed by atoms with Crippen LogP contribution in [0.1, 0.15) is 5.69 Å². The molecule has 0 bridgehead atoms. The monoisotopic (exact) mass is 321 g/mol. The summed E-state index contributed by atoms with van der Waals surface area (Å²) in [6.45, 7) is 2.75.